The van der Waals surface area contributed by atoms with Crippen molar-refractivity contribution in [2.45, 2.75) is 19.9 Å². The molecule has 180 valence electrons. The number of nitrogens with zero attached hydrogens (tertiary/aromatic N) is 3. The summed E-state index contributed by atoms with van der Waals surface area (Å²) in [4.78, 5) is 16.5. The summed E-state index contributed by atoms with van der Waals surface area (Å²) in [5.41, 5.74) is 5.97. The Kier molecular flexibility index (Phi) is 6.47. The molecule has 1 fully saturated rings. The van der Waals surface area contributed by atoms with Gasteiger partial charge in [0.1, 0.15) is 0 Å². The number of benzene rings is 3. The number of rotatable bonds is 5. The van der Waals surface area contributed by atoms with E-state index in [0.717, 1.165) is 33.3 Å². The molecule has 3 aromatic carbocycles. The van der Waals surface area contributed by atoms with Gasteiger partial charge in [-0.2, -0.15) is 4.73 Å². The Bertz CT molecular complexity index is 1310. The topological polar surface area (TPSA) is 57.9 Å². The summed E-state index contributed by atoms with van der Waals surface area (Å²) in [7, 11) is 0. The quantitative estimate of drug-likeness (QED) is 0.380. The lowest BCUT2D eigenvalue weighted by atomic mass is 9.91. The van der Waals surface area contributed by atoms with Gasteiger partial charge in [-0.15, -0.1) is 0 Å². The van der Waals surface area contributed by atoms with Crippen LogP contribution >= 0.6 is 0 Å². The molecule has 1 aliphatic heterocycles. The third-order valence-corrected chi connectivity index (χ3v) is 6.81. The largest absolute Gasteiger partial charge is 0.450 e. The summed E-state index contributed by atoms with van der Waals surface area (Å²) >= 11 is 0. The summed E-state index contributed by atoms with van der Waals surface area (Å²) in [5, 5.41) is 12.4. The second kappa shape index (κ2) is 9.84. The van der Waals surface area contributed by atoms with E-state index in [0.29, 0.717) is 32.8 Å². The van der Waals surface area contributed by atoms with Gasteiger partial charge >= 0.3 is 6.09 Å². The van der Waals surface area contributed by atoms with Gasteiger partial charge in [-0.3, -0.25) is 4.90 Å². The monoisotopic (exact) mass is 469 g/mol. The molecule has 4 aromatic rings. The molecule has 35 heavy (non-hydrogen) atoms. The third kappa shape index (κ3) is 4.37. The molecule has 0 aliphatic carbocycles. The van der Waals surface area contributed by atoms with E-state index in [-0.39, 0.29) is 12.1 Å². The Morgan fingerprint density at radius 1 is 0.914 bits per heavy atom. The van der Waals surface area contributed by atoms with Crippen LogP contribution in [0.3, 0.4) is 0 Å². The second-order valence-electron chi connectivity index (χ2n) is 8.99. The van der Waals surface area contributed by atoms with E-state index >= 15 is 0 Å². The molecule has 1 N–H and O–H groups in total. The van der Waals surface area contributed by atoms with Crippen LogP contribution in [0.2, 0.25) is 0 Å². The van der Waals surface area contributed by atoms with Gasteiger partial charge in [0.15, 0.2) is 0 Å². The number of piperazine rings is 1. The van der Waals surface area contributed by atoms with Gasteiger partial charge in [0.25, 0.3) is 0 Å². The zero-order valence-corrected chi connectivity index (χ0v) is 20.2. The number of para-hydroxylation sites is 1. The van der Waals surface area contributed by atoms with Crippen LogP contribution in [0.25, 0.3) is 22.2 Å². The minimum absolute atomic E-state index is 0.0894. The number of hydrogen-bond donors (Lipinski definition) is 1. The molecule has 0 bridgehead atoms. The van der Waals surface area contributed by atoms with Crippen molar-refractivity contribution in [2.24, 2.45) is 0 Å². The first kappa shape index (κ1) is 23.0. The summed E-state index contributed by atoms with van der Waals surface area (Å²) in [6, 6.07) is 26.6. The molecule has 1 amide bonds. The highest BCUT2D eigenvalue weighted by atomic mass is 16.6. The normalized spacial score (nSPS) is 15.3. The van der Waals surface area contributed by atoms with Gasteiger partial charge < -0.3 is 14.8 Å². The Labute approximate surface area is 205 Å². The van der Waals surface area contributed by atoms with E-state index in [2.05, 4.69) is 42.2 Å². The Morgan fingerprint density at radius 3 is 2.26 bits per heavy atom. The molecule has 1 unspecified atom stereocenters. The molecule has 6 nitrogen and oxygen atoms in total. The van der Waals surface area contributed by atoms with Crippen molar-refractivity contribution in [2.75, 3.05) is 32.8 Å². The fourth-order valence-electron chi connectivity index (χ4n) is 5.09. The van der Waals surface area contributed by atoms with E-state index in [9.17, 15) is 10.0 Å². The minimum atomic E-state index is -0.254. The number of hydrogen-bond acceptors (Lipinski definition) is 4. The molecule has 0 spiro atoms. The average molecular weight is 470 g/mol. The molecule has 1 atom stereocenters. The van der Waals surface area contributed by atoms with Gasteiger partial charge in [0.05, 0.1) is 23.9 Å². The van der Waals surface area contributed by atoms with E-state index in [4.69, 9.17) is 4.74 Å². The molecule has 1 saturated heterocycles. The lowest BCUT2D eigenvalue weighted by molar-refractivity contribution is 0.0716. The first-order chi connectivity index (χ1) is 17.1. The number of amides is 1. The van der Waals surface area contributed by atoms with Gasteiger partial charge in [-0.1, -0.05) is 78.4 Å². The van der Waals surface area contributed by atoms with Crippen LogP contribution in [0, 0.1) is 6.92 Å². The van der Waals surface area contributed by atoms with Gasteiger partial charge in [-0.05, 0) is 25.5 Å². The molecule has 6 heteroatoms. The van der Waals surface area contributed by atoms with Gasteiger partial charge in [0.2, 0.25) is 0 Å². The fraction of sp³-hybridized carbons (Fsp3) is 0.276. The molecule has 1 aliphatic rings. The summed E-state index contributed by atoms with van der Waals surface area (Å²) in [6.07, 6.45) is -0.254. The zero-order valence-electron chi connectivity index (χ0n) is 20.2. The van der Waals surface area contributed by atoms with E-state index in [1.165, 1.54) is 10.3 Å². The molecular weight excluding hydrogens is 438 g/mol. The van der Waals surface area contributed by atoms with Crippen LogP contribution in [-0.4, -0.2) is 58.6 Å². The van der Waals surface area contributed by atoms with Crippen molar-refractivity contribution >= 4 is 17.0 Å². The lowest BCUT2D eigenvalue weighted by Crippen LogP contribution is -2.50. The van der Waals surface area contributed by atoms with Crippen LogP contribution in [0.5, 0.6) is 0 Å². The lowest BCUT2D eigenvalue weighted by Gasteiger charge is -2.39. The van der Waals surface area contributed by atoms with Gasteiger partial charge in [-0.25, -0.2) is 4.79 Å². The van der Waals surface area contributed by atoms with Crippen molar-refractivity contribution < 1.29 is 14.7 Å². The Balaban J connectivity index is 1.65. The van der Waals surface area contributed by atoms with Crippen LogP contribution in [0.4, 0.5) is 4.79 Å². The van der Waals surface area contributed by atoms with Crippen molar-refractivity contribution in [3.8, 4) is 11.3 Å². The maximum Gasteiger partial charge on any atom is 0.409 e. The SMILES string of the molecule is CCOC(=O)N1CCN(C(c2ccc(C)cc2)c2c(-c3ccccc3)n(O)c3ccccc23)CC1. The maximum atomic E-state index is 12.3. The van der Waals surface area contributed by atoms with Crippen LogP contribution in [-0.2, 0) is 4.74 Å². The molecular formula is C29H31N3O3. The second-order valence-corrected chi connectivity index (χ2v) is 8.99. The third-order valence-electron chi connectivity index (χ3n) is 6.81. The van der Waals surface area contributed by atoms with E-state index < -0.39 is 0 Å². The fourth-order valence-corrected chi connectivity index (χ4v) is 5.09. The molecule has 5 rings (SSSR count). The molecule has 2 heterocycles. The standard InChI is InChI=1S/C29H31N3O3/c1-3-35-29(33)31-19-17-30(18-20-31)27(23-15-13-21(2)14-16-23)26-24-11-7-8-12-25(24)32(34)28(26)22-9-5-4-6-10-22/h4-16,27,34H,3,17-20H2,1-2H3. The first-order valence-electron chi connectivity index (χ1n) is 12.2. The maximum absolute atomic E-state index is 12.3. The Hall–Kier alpha value is -3.77. The van der Waals surface area contributed by atoms with Crippen LogP contribution < -0.4 is 0 Å². The number of aryl methyl sites for hydroxylation is 1. The zero-order chi connectivity index (χ0) is 24.4. The highest BCUT2D eigenvalue weighted by Gasteiger charge is 2.33. The Morgan fingerprint density at radius 2 is 1.57 bits per heavy atom. The van der Waals surface area contributed by atoms with Crippen molar-refractivity contribution in [1.29, 1.82) is 0 Å². The summed E-state index contributed by atoms with van der Waals surface area (Å²) in [6.45, 7) is 6.90. The van der Waals surface area contributed by atoms with Crippen molar-refractivity contribution in [1.82, 2.24) is 14.5 Å². The minimum Gasteiger partial charge on any atom is -0.450 e. The summed E-state index contributed by atoms with van der Waals surface area (Å²) in [5.74, 6) is 0. The average Bonchev–Trinajstić information content (AvgIpc) is 3.18. The highest BCUT2D eigenvalue weighted by Crippen LogP contribution is 2.42. The van der Waals surface area contributed by atoms with E-state index in [1.54, 1.807) is 4.90 Å². The van der Waals surface area contributed by atoms with Crippen LogP contribution in [0.1, 0.15) is 29.7 Å². The predicted octanol–water partition coefficient (Wildman–Crippen LogP) is 5.72. The molecule has 1 aromatic heterocycles. The molecule has 0 radical (unpaired) electrons. The highest BCUT2D eigenvalue weighted by molar-refractivity contribution is 5.92. The number of ether oxygens (including phenoxy) is 1. The van der Waals surface area contributed by atoms with Crippen molar-refractivity contribution in [3.63, 3.8) is 0 Å². The van der Waals surface area contributed by atoms with E-state index in [1.807, 2.05) is 55.5 Å². The van der Waals surface area contributed by atoms with Crippen LogP contribution in [0.15, 0.2) is 78.9 Å². The summed E-state index contributed by atoms with van der Waals surface area (Å²) < 4.78 is 6.56. The van der Waals surface area contributed by atoms with Crippen molar-refractivity contribution in [3.05, 3.63) is 95.6 Å². The number of fused-ring (bicyclic) bond motifs is 1. The molecule has 0 saturated carbocycles. The van der Waals surface area contributed by atoms with Gasteiger partial charge in [0, 0.05) is 42.7 Å². The number of carbonyl (C=O) groups excluding carboxylic acids is 1. The number of carbonyl (C=O) groups is 1. The smallest absolute Gasteiger partial charge is 0.409 e. The predicted molar refractivity (Wildman–Crippen MR) is 138 cm³/mol. The first-order valence-corrected chi connectivity index (χ1v) is 12.2. The number of aromatic nitrogens is 1.